The molecule has 0 aliphatic carbocycles. The second-order valence-electron chi connectivity index (χ2n) is 11.3. The van der Waals surface area contributed by atoms with Gasteiger partial charge in [0.05, 0.1) is 11.0 Å². The number of para-hydroxylation sites is 1. The Balaban J connectivity index is 1.38. The molecular weight excluding hydrogens is 541 g/mol. The Morgan fingerprint density at radius 1 is 0.442 bits per heavy atom. The summed E-state index contributed by atoms with van der Waals surface area (Å²) in [6.45, 7) is 0. The maximum Gasteiger partial charge on any atom is 0.172 e. The molecule has 1 aliphatic heterocycles. The molecule has 1 unspecified atom stereocenters. The van der Waals surface area contributed by atoms with E-state index in [0.717, 1.165) is 54.5 Å². The van der Waals surface area contributed by atoms with Crippen LogP contribution in [0.5, 0.6) is 0 Å². The average Bonchev–Trinajstić information content (AvgIpc) is 3.53. The third kappa shape index (κ3) is 3.51. The summed E-state index contributed by atoms with van der Waals surface area (Å²) in [7, 11) is -3.14. The van der Waals surface area contributed by atoms with Crippen LogP contribution in [0.25, 0.3) is 60.5 Å². The van der Waals surface area contributed by atoms with Crippen LogP contribution >= 0.6 is 7.14 Å². The molecule has 9 rings (SSSR count). The molecule has 7 aromatic carbocycles. The molecule has 0 bridgehead atoms. The number of aromatic nitrogens is 1. The van der Waals surface area contributed by atoms with Gasteiger partial charge in [0.25, 0.3) is 0 Å². The fourth-order valence-electron chi connectivity index (χ4n) is 6.96. The van der Waals surface area contributed by atoms with Gasteiger partial charge in [0.1, 0.15) is 0 Å². The molecule has 43 heavy (non-hydrogen) atoms. The van der Waals surface area contributed by atoms with Crippen molar-refractivity contribution in [2.45, 2.75) is 0 Å². The molecule has 0 saturated carbocycles. The van der Waals surface area contributed by atoms with E-state index in [2.05, 4.69) is 126 Å². The number of hydrogen-bond donors (Lipinski definition) is 0. The third-order valence-corrected chi connectivity index (χ3v) is 12.1. The molecule has 0 N–H and O–H groups in total. The summed E-state index contributed by atoms with van der Waals surface area (Å²) >= 11 is 0. The van der Waals surface area contributed by atoms with E-state index in [9.17, 15) is 0 Å². The molecule has 0 amide bonds. The van der Waals surface area contributed by atoms with E-state index in [-0.39, 0.29) is 0 Å². The van der Waals surface area contributed by atoms with Crippen molar-refractivity contribution < 1.29 is 4.57 Å². The number of benzene rings is 7. The van der Waals surface area contributed by atoms with Gasteiger partial charge in [-0.15, -0.1) is 0 Å². The van der Waals surface area contributed by atoms with Crippen molar-refractivity contribution >= 4 is 55.6 Å². The van der Waals surface area contributed by atoms with Gasteiger partial charge >= 0.3 is 0 Å². The first kappa shape index (κ1) is 24.4. The maximum atomic E-state index is 15.6. The van der Waals surface area contributed by atoms with E-state index >= 15 is 4.57 Å². The van der Waals surface area contributed by atoms with Crippen molar-refractivity contribution in [1.82, 2.24) is 4.57 Å². The highest BCUT2D eigenvalue weighted by atomic mass is 31.2. The minimum absolute atomic E-state index is 0.873. The molecule has 0 spiro atoms. The predicted molar refractivity (Wildman–Crippen MR) is 182 cm³/mol. The Hall–Kier alpha value is -5.17. The van der Waals surface area contributed by atoms with Gasteiger partial charge in [0, 0.05) is 32.4 Å². The molecule has 0 radical (unpaired) electrons. The zero-order chi connectivity index (χ0) is 28.5. The van der Waals surface area contributed by atoms with Crippen LogP contribution in [0.4, 0.5) is 0 Å². The highest BCUT2D eigenvalue weighted by molar-refractivity contribution is 7.86. The van der Waals surface area contributed by atoms with Gasteiger partial charge in [-0.2, -0.15) is 0 Å². The second-order valence-corrected chi connectivity index (χ2v) is 14.0. The largest absolute Gasteiger partial charge is 0.309 e. The van der Waals surface area contributed by atoms with Crippen molar-refractivity contribution in [3.05, 3.63) is 158 Å². The van der Waals surface area contributed by atoms with Crippen LogP contribution in [0.2, 0.25) is 0 Å². The minimum Gasteiger partial charge on any atom is -0.309 e. The average molecular weight is 568 g/mol. The Morgan fingerprint density at radius 3 is 1.88 bits per heavy atom. The van der Waals surface area contributed by atoms with Gasteiger partial charge in [-0.1, -0.05) is 115 Å². The molecular formula is C40H26NOP. The smallest absolute Gasteiger partial charge is 0.172 e. The highest BCUT2D eigenvalue weighted by Gasteiger charge is 2.41. The normalized spacial score (nSPS) is 15.6. The Morgan fingerprint density at radius 2 is 1.07 bits per heavy atom. The number of rotatable bonds is 3. The first-order chi connectivity index (χ1) is 21.2. The number of fused-ring (bicyclic) bond motifs is 7. The first-order valence-corrected chi connectivity index (χ1v) is 16.3. The molecule has 0 fully saturated rings. The van der Waals surface area contributed by atoms with E-state index in [1.54, 1.807) is 0 Å². The Bertz CT molecular complexity index is 2420. The molecule has 1 aliphatic rings. The van der Waals surface area contributed by atoms with Crippen LogP contribution < -0.4 is 15.9 Å². The van der Waals surface area contributed by atoms with Crippen LogP contribution in [0.1, 0.15) is 0 Å². The SMILES string of the molecule is O=P1(c2ccccc2)c2cc3ccccc3cc2-c2cc3c4ccccc4n(-c4cccc(-c5ccccc5)c4)c3cc21. The summed E-state index contributed by atoms with van der Waals surface area (Å²) in [5.74, 6) is 0. The summed E-state index contributed by atoms with van der Waals surface area (Å²) in [6.07, 6.45) is 0. The quantitative estimate of drug-likeness (QED) is 0.195. The van der Waals surface area contributed by atoms with Crippen molar-refractivity contribution in [3.63, 3.8) is 0 Å². The molecule has 1 atom stereocenters. The summed E-state index contributed by atoms with van der Waals surface area (Å²) in [5, 5.41) is 7.35. The molecule has 2 heterocycles. The van der Waals surface area contributed by atoms with E-state index in [1.807, 2.05) is 36.4 Å². The molecule has 1 aromatic heterocycles. The molecule has 8 aromatic rings. The van der Waals surface area contributed by atoms with Gasteiger partial charge in [0.15, 0.2) is 7.14 Å². The minimum atomic E-state index is -3.14. The zero-order valence-electron chi connectivity index (χ0n) is 23.3. The lowest BCUT2D eigenvalue weighted by molar-refractivity contribution is 0.593. The van der Waals surface area contributed by atoms with Gasteiger partial charge < -0.3 is 9.13 Å². The van der Waals surface area contributed by atoms with Crippen molar-refractivity contribution in [2.24, 2.45) is 0 Å². The van der Waals surface area contributed by atoms with E-state index in [0.29, 0.717) is 0 Å². The van der Waals surface area contributed by atoms with Crippen LogP contribution in [0.15, 0.2) is 158 Å². The summed E-state index contributed by atoms with van der Waals surface area (Å²) in [5.41, 5.74) is 7.79. The fraction of sp³-hybridized carbons (Fsp3) is 0. The van der Waals surface area contributed by atoms with Crippen molar-refractivity contribution in [1.29, 1.82) is 0 Å². The predicted octanol–water partition coefficient (Wildman–Crippen LogP) is 9.22. The number of hydrogen-bond acceptors (Lipinski definition) is 1. The lowest BCUT2D eigenvalue weighted by atomic mass is 9.99. The molecule has 2 nitrogen and oxygen atoms in total. The van der Waals surface area contributed by atoms with Gasteiger partial charge in [-0.05, 0) is 75.5 Å². The highest BCUT2D eigenvalue weighted by Crippen LogP contribution is 2.54. The van der Waals surface area contributed by atoms with E-state index in [4.69, 9.17) is 0 Å². The third-order valence-electron chi connectivity index (χ3n) is 8.95. The van der Waals surface area contributed by atoms with Crippen molar-refractivity contribution in [2.75, 3.05) is 0 Å². The van der Waals surface area contributed by atoms with Crippen LogP contribution in [0, 0.1) is 0 Å². The fourth-order valence-corrected chi connectivity index (χ4v) is 10.0. The lowest BCUT2D eigenvalue weighted by Crippen LogP contribution is -2.20. The van der Waals surface area contributed by atoms with Gasteiger partial charge in [-0.25, -0.2) is 0 Å². The van der Waals surface area contributed by atoms with Crippen LogP contribution in [-0.4, -0.2) is 4.57 Å². The standard InChI is InChI=1S/C40H26NOP/c42-43(32-18-5-2-6-19-32)39-24-30-15-8-7-14-29(30)23-35(39)36-25-34-33-20-9-10-21-37(33)41(38(34)26-40(36)43)31-17-11-16-28(22-31)27-12-3-1-4-13-27/h1-26H. The van der Waals surface area contributed by atoms with Gasteiger partial charge in [0.2, 0.25) is 0 Å². The Kier molecular flexibility index (Phi) is 5.21. The first-order valence-electron chi connectivity index (χ1n) is 14.6. The van der Waals surface area contributed by atoms with Gasteiger partial charge in [-0.3, -0.25) is 0 Å². The molecule has 0 saturated heterocycles. The van der Waals surface area contributed by atoms with Crippen molar-refractivity contribution in [3.8, 4) is 27.9 Å². The van der Waals surface area contributed by atoms with E-state index in [1.165, 1.54) is 21.9 Å². The number of nitrogens with zero attached hydrogens (tertiary/aromatic N) is 1. The van der Waals surface area contributed by atoms with E-state index < -0.39 is 7.14 Å². The lowest BCUT2D eigenvalue weighted by Gasteiger charge is -2.17. The summed E-state index contributed by atoms with van der Waals surface area (Å²) < 4.78 is 18.0. The summed E-state index contributed by atoms with van der Waals surface area (Å²) in [4.78, 5) is 0. The summed E-state index contributed by atoms with van der Waals surface area (Å²) in [6, 6.07) is 55.2. The van der Waals surface area contributed by atoms with Crippen LogP contribution in [-0.2, 0) is 4.57 Å². The topological polar surface area (TPSA) is 22.0 Å². The second kappa shape index (κ2) is 9.16. The Labute approximate surface area is 249 Å². The molecule has 3 heteroatoms. The molecule has 202 valence electrons. The van der Waals surface area contributed by atoms with Crippen LogP contribution in [0.3, 0.4) is 0 Å². The maximum absolute atomic E-state index is 15.6. The zero-order valence-corrected chi connectivity index (χ0v) is 24.2. The monoisotopic (exact) mass is 567 g/mol.